The molecule has 2 N–H and O–H groups in total. The molecule has 1 aromatic heterocycles. The zero-order valence-corrected chi connectivity index (χ0v) is 15.1. The molecule has 3 aromatic rings. The Balaban J connectivity index is 1.76. The van der Waals surface area contributed by atoms with Crippen molar-refractivity contribution < 1.29 is 27.2 Å². The van der Waals surface area contributed by atoms with Crippen LogP contribution in [0, 0.1) is 0 Å². The zero-order chi connectivity index (χ0) is 19.4. The van der Waals surface area contributed by atoms with Crippen LogP contribution in [-0.4, -0.2) is 26.7 Å². The molecule has 0 aliphatic rings. The first kappa shape index (κ1) is 18.6. The van der Waals surface area contributed by atoms with E-state index in [1.54, 1.807) is 6.07 Å². The molecule has 0 aliphatic heterocycles. The van der Waals surface area contributed by atoms with Gasteiger partial charge >= 0.3 is 5.97 Å². The van der Waals surface area contributed by atoms with Crippen molar-refractivity contribution in [2.75, 3.05) is 7.11 Å². The van der Waals surface area contributed by atoms with Gasteiger partial charge < -0.3 is 14.0 Å². The van der Waals surface area contributed by atoms with Gasteiger partial charge in [0.25, 0.3) is 0 Å². The Labute approximate surface area is 155 Å². The van der Waals surface area contributed by atoms with Gasteiger partial charge in [-0.1, -0.05) is 35.5 Å². The number of aromatic nitrogens is 1. The summed E-state index contributed by atoms with van der Waals surface area (Å²) in [5.74, 6) is -0.284. The molecule has 0 saturated carbocycles. The molecule has 0 atom stereocenters. The molecule has 0 radical (unpaired) electrons. The standard InChI is InChI=1S/C18H16N2O6S/c1-24-17-8-7-14(27(19,22)23)10-15(17)18(21)25-11-13-9-16(20-26-13)12-5-3-2-4-6-12/h2-10H,11H2,1H3,(H2,19,22,23). The molecule has 2 aromatic carbocycles. The monoisotopic (exact) mass is 388 g/mol. The summed E-state index contributed by atoms with van der Waals surface area (Å²) < 4.78 is 38.4. The summed E-state index contributed by atoms with van der Waals surface area (Å²) >= 11 is 0. The Kier molecular flexibility index (Phi) is 5.24. The Hall–Kier alpha value is -3.17. The summed E-state index contributed by atoms with van der Waals surface area (Å²) in [6.07, 6.45) is 0. The molecular weight excluding hydrogens is 372 g/mol. The third-order valence-corrected chi connectivity index (χ3v) is 4.60. The van der Waals surface area contributed by atoms with Crippen LogP contribution in [0.15, 0.2) is 64.0 Å². The molecule has 1 heterocycles. The lowest BCUT2D eigenvalue weighted by molar-refractivity contribution is 0.0433. The van der Waals surface area contributed by atoms with Crippen molar-refractivity contribution >= 4 is 16.0 Å². The third-order valence-electron chi connectivity index (χ3n) is 3.69. The van der Waals surface area contributed by atoms with Crippen LogP contribution in [0.4, 0.5) is 0 Å². The molecule has 0 fully saturated rings. The number of ether oxygens (including phenoxy) is 2. The van der Waals surface area contributed by atoms with Gasteiger partial charge in [-0.15, -0.1) is 0 Å². The van der Waals surface area contributed by atoms with Gasteiger partial charge in [0.05, 0.1) is 12.0 Å². The van der Waals surface area contributed by atoms with Crippen LogP contribution in [0.25, 0.3) is 11.3 Å². The molecule has 0 aliphatic carbocycles. The number of carbonyl (C=O) groups excluding carboxylic acids is 1. The van der Waals surface area contributed by atoms with Gasteiger partial charge in [-0.3, -0.25) is 0 Å². The Morgan fingerprint density at radius 3 is 2.56 bits per heavy atom. The first-order chi connectivity index (χ1) is 12.9. The Morgan fingerprint density at radius 2 is 1.89 bits per heavy atom. The van der Waals surface area contributed by atoms with Crippen molar-refractivity contribution in [2.24, 2.45) is 5.14 Å². The molecule has 8 nitrogen and oxygen atoms in total. The van der Waals surface area contributed by atoms with Gasteiger partial charge in [0.1, 0.15) is 17.0 Å². The summed E-state index contributed by atoms with van der Waals surface area (Å²) in [5.41, 5.74) is 1.41. The fraction of sp³-hybridized carbons (Fsp3) is 0.111. The molecule has 0 unspecified atom stereocenters. The maximum atomic E-state index is 12.4. The van der Waals surface area contributed by atoms with Gasteiger partial charge in [-0.25, -0.2) is 18.4 Å². The highest BCUT2D eigenvalue weighted by atomic mass is 32.2. The summed E-state index contributed by atoms with van der Waals surface area (Å²) in [6, 6.07) is 14.7. The lowest BCUT2D eigenvalue weighted by atomic mass is 10.1. The number of esters is 1. The van der Waals surface area contributed by atoms with E-state index in [0.29, 0.717) is 11.5 Å². The van der Waals surface area contributed by atoms with Crippen LogP contribution in [0.2, 0.25) is 0 Å². The van der Waals surface area contributed by atoms with Gasteiger partial charge in [-0.2, -0.15) is 0 Å². The molecule has 9 heteroatoms. The van der Waals surface area contributed by atoms with Gasteiger partial charge in [-0.05, 0) is 18.2 Å². The summed E-state index contributed by atoms with van der Waals surface area (Å²) in [6.45, 7) is -0.179. The molecule has 0 spiro atoms. The first-order valence-corrected chi connectivity index (χ1v) is 9.32. The maximum absolute atomic E-state index is 12.4. The van der Waals surface area contributed by atoms with E-state index < -0.39 is 16.0 Å². The SMILES string of the molecule is COc1ccc(S(N)(=O)=O)cc1C(=O)OCc1cc(-c2ccccc2)no1. The summed E-state index contributed by atoms with van der Waals surface area (Å²) in [7, 11) is -2.62. The van der Waals surface area contributed by atoms with Crippen molar-refractivity contribution in [3.8, 4) is 17.0 Å². The van der Waals surface area contributed by atoms with Crippen LogP contribution in [0.5, 0.6) is 5.75 Å². The van der Waals surface area contributed by atoms with Crippen LogP contribution >= 0.6 is 0 Å². The van der Waals surface area contributed by atoms with E-state index >= 15 is 0 Å². The summed E-state index contributed by atoms with van der Waals surface area (Å²) in [5, 5.41) is 9.03. The van der Waals surface area contributed by atoms with E-state index in [1.165, 1.54) is 19.2 Å². The predicted octanol–water partition coefficient (Wildman–Crippen LogP) is 2.35. The molecule has 0 saturated heterocycles. The average Bonchev–Trinajstić information content (AvgIpc) is 3.14. The first-order valence-electron chi connectivity index (χ1n) is 7.77. The number of nitrogens with two attached hydrogens (primary N) is 1. The van der Waals surface area contributed by atoms with Gasteiger partial charge in [0.2, 0.25) is 10.0 Å². The lowest BCUT2D eigenvalue weighted by Crippen LogP contribution is -2.14. The Bertz CT molecular complexity index is 1060. The van der Waals surface area contributed by atoms with Crippen LogP contribution in [0.1, 0.15) is 16.1 Å². The Morgan fingerprint density at radius 1 is 1.15 bits per heavy atom. The molecule has 0 bridgehead atoms. The van der Waals surface area contributed by atoms with Crippen molar-refractivity contribution in [2.45, 2.75) is 11.5 Å². The number of primary sulfonamides is 1. The highest BCUT2D eigenvalue weighted by molar-refractivity contribution is 7.89. The molecule has 0 amide bonds. The number of hydrogen-bond donors (Lipinski definition) is 1. The molecule has 140 valence electrons. The van der Waals surface area contributed by atoms with E-state index in [2.05, 4.69) is 5.16 Å². The van der Waals surface area contributed by atoms with E-state index in [1.807, 2.05) is 30.3 Å². The fourth-order valence-corrected chi connectivity index (χ4v) is 2.90. The van der Waals surface area contributed by atoms with Crippen molar-refractivity contribution in [1.82, 2.24) is 5.16 Å². The smallest absolute Gasteiger partial charge is 0.342 e. The average molecular weight is 388 g/mol. The number of sulfonamides is 1. The molecule has 3 rings (SSSR count). The van der Waals surface area contributed by atoms with Gasteiger partial charge in [0, 0.05) is 11.6 Å². The summed E-state index contributed by atoms with van der Waals surface area (Å²) in [4.78, 5) is 12.1. The quantitative estimate of drug-likeness (QED) is 0.643. The number of benzene rings is 2. The normalized spacial score (nSPS) is 11.2. The second kappa shape index (κ2) is 7.60. The predicted molar refractivity (Wildman–Crippen MR) is 95.4 cm³/mol. The van der Waals surface area contributed by atoms with Crippen LogP contribution in [0.3, 0.4) is 0 Å². The number of carbonyl (C=O) groups is 1. The largest absolute Gasteiger partial charge is 0.496 e. The number of methoxy groups -OCH3 is 1. The maximum Gasteiger partial charge on any atom is 0.342 e. The fourth-order valence-electron chi connectivity index (χ4n) is 2.36. The van der Waals surface area contributed by atoms with Gasteiger partial charge in [0.15, 0.2) is 12.4 Å². The molecular formula is C18H16N2O6S. The lowest BCUT2D eigenvalue weighted by Gasteiger charge is -2.09. The minimum Gasteiger partial charge on any atom is -0.496 e. The van der Waals surface area contributed by atoms with E-state index in [4.69, 9.17) is 19.1 Å². The second-order valence-electron chi connectivity index (χ2n) is 5.53. The minimum absolute atomic E-state index is 0.0631. The number of hydrogen-bond acceptors (Lipinski definition) is 7. The van der Waals surface area contributed by atoms with Crippen molar-refractivity contribution in [1.29, 1.82) is 0 Å². The van der Waals surface area contributed by atoms with Crippen LogP contribution in [-0.2, 0) is 21.4 Å². The van der Waals surface area contributed by atoms with Crippen molar-refractivity contribution in [3.63, 3.8) is 0 Å². The highest BCUT2D eigenvalue weighted by Gasteiger charge is 2.19. The van der Waals surface area contributed by atoms with E-state index in [0.717, 1.165) is 11.6 Å². The van der Waals surface area contributed by atoms with E-state index in [9.17, 15) is 13.2 Å². The number of nitrogens with zero attached hydrogens (tertiary/aromatic N) is 1. The van der Waals surface area contributed by atoms with E-state index in [-0.39, 0.29) is 22.8 Å². The minimum atomic E-state index is -3.97. The highest BCUT2D eigenvalue weighted by Crippen LogP contribution is 2.24. The third kappa shape index (κ3) is 4.33. The second-order valence-corrected chi connectivity index (χ2v) is 7.09. The number of rotatable bonds is 6. The molecule has 27 heavy (non-hydrogen) atoms. The van der Waals surface area contributed by atoms with Crippen molar-refractivity contribution in [3.05, 3.63) is 65.9 Å². The zero-order valence-electron chi connectivity index (χ0n) is 14.3. The van der Waals surface area contributed by atoms with Crippen LogP contribution < -0.4 is 9.88 Å². The topological polar surface area (TPSA) is 122 Å².